The lowest BCUT2D eigenvalue weighted by Crippen LogP contribution is -2.37. The largest absolute Gasteiger partial charge is 0.457 e. The number of hydrogen-bond acceptors (Lipinski definition) is 5. The van der Waals surface area contributed by atoms with Gasteiger partial charge < -0.3 is 19.5 Å². The van der Waals surface area contributed by atoms with E-state index in [1.807, 2.05) is 32.9 Å². The van der Waals surface area contributed by atoms with Gasteiger partial charge in [-0.2, -0.15) is 0 Å². The maximum atomic E-state index is 12.9. The van der Waals surface area contributed by atoms with Crippen LogP contribution in [0.2, 0.25) is 0 Å². The second-order valence-corrected chi connectivity index (χ2v) is 13.2. The van der Waals surface area contributed by atoms with Crippen LogP contribution in [0.4, 0.5) is 4.79 Å². The summed E-state index contributed by atoms with van der Waals surface area (Å²) in [4.78, 5) is 25.2. The van der Waals surface area contributed by atoms with E-state index in [4.69, 9.17) is 14.2 Å². The Morgan fingerprint density at radius 2 is 1.90 bits per heavy atom. The molecule has 9 atom stereocenters. The number of esters is 1. The Balaban J connectivity index is 2.15. The summed E-state index contributed by atoms with van der Waals surface area (Å²) in [5.41, 5.74) is 0.722. The van der Waals surface area contributed by atoms with E-state index in [1.54, 1.807) is 0 Å². The number of ether oxygens (including phenoxy) is 3. The van der Waals surface area contributed by atoms with Crippen LogP contribution in [0.3, 0.4) is 0 Å². The first-order valence-electron chi connectivity index (χ1n) is 15.6. The van der Waals surface area contributed by atoms with Crippen molar-refractivity contribution in [3.8, 4) is 0 Å². The van der Waals surface area contributed by atoms with E-state index in [0.717, 1.165) is 24.8 Å². The summed E-state index contributed by atoms with van der Waals surface area (Å²) >= 11 is 0. The van der Waals surface area contributed by atoms with Crippen LogP contribution in [0.1, 0.15) is 101 Å². The van der Waals surface area contributed by atoms with E-state index in [9.17, 15) is 9.59 Å². The van der Waals surface area contributed by atoms with Crippen molar-refractivity contribution in [2.75, 3.05) is 6.54 Å². The van der Waals surface area contributed by atoms with Crippen molar-refractivity contribution >= 4 is 12.1 Å². The molecule has 2 rings (SSSR count). The van der Waals surface area contributed by atoms with Gasteiger partial charge >= 0.3 is 12.1 Å². The number of cyclic esters (lactones) is 1. The number of carbonyl (C=O) groups excluding carboxylic acids is 2. The second kappa shape index (κ2) is 15.8. The molecule has 0 aliphatic carbocycles. The first-order valence-corrected chi connectivity index (χ1v) is 15.6. The summed E-state index contributed by atoms with van der Waals surface area (Å²) in [6.45, 7) is 21.9. The van der Waals surface area contributed by atoms with Crippen LogP contribution in [-0.4, -0.2) is 43.0 Å². The molecule has 40 heavy (non-hydrogen) atoms. The van der Waals surface area contributed by atoms with Crippen molar-refractivity contribution in [2.45, 2.75) is 126 Å². The molecule has 1 N–H and O–H groups in total. The SMILES string of the molecule is CCNC(=O)OC1/C=C/C(C)C(/C(C)=C/C=C/C(C)CC2OC2C(C)C(C)CC)OC(=O)CC(C)CCC1(C)C. The molecular weight excluding hydrogens is 502 g/mol. The fourth-order valence-corrected chi connectivity index (χ4v) is 5.53. The Morgan fingerprint density at radius 1 is 1.20 bits per heavy atom. The molecule has 0 aromatic rings. The van der Waals surface area contributed by atoms with Gasteiger partial charge in [0.2, 0.25) is 0 Å². The first-order chi connectivity index (χ1) is 18.8. The highest BCUT2D eigenvalue weighted by molar-refractivity contribution is 5.70. The fraction of sp³-hybridized carbons (Fsp3) is 0.765. The number of amides is 1. The summed E-state index contributed by atoms with van der Waals surface area (Å²) in [6.07, 6.45) is 14.2. The van der Waals surface area contributed by atoms with E-state index in [0.29, 0.717) is 42.9 Å². The molecule has 0 saturated carbocycles. The molecule has 0 aromatic carbocycles. The Labute approximate surface area is 244 Å². The quantitative estimate of drug-likeness (QED) is 0.127. The van der Waals surface area contributed by atoms with Gasteiger partial charge in [-0.3, -0.25) is 4.79 Å². The van der Waals surface area contributed by atoms with Crippen LogP contribution in [0.15, 0.2) is 36.0 Å². The van der Waals surface area contributed by atoms with E-state index >= 15 is 0 Å². The number of nitrogens with one attached hydrogen (secondary N) is 1. The molecule has 228 valence electrons. The second-order valence-electron chi connectivity index (χ2n) is 13.2. The minimum absolute atomic E-state index is 0.0837. The van der Waals surface area contributed by atoms with Crippen LogP contribution >= 0.6 is 0 Å². The van der Waals surface area contributed by atoms with Crippen LogP contribution in [0.25, 0.3) is 0 Å². The summed E-state index contributed by atoms with van der Waals surface area (Å²) in [5, 5.41) is 2.74. The monoisotopic (exact) mass is 559 g/mol. The molecule has 9 unspecified atom stereocenters. The Hall–Kier alpha value is -2.08. The fourth-order valence-electron chi connectivity index (χ4n) is 5.53. The third-order valence-corrected chi connectivity index (χ3v) is 8.98. The van der Waals surface area contributed by atoms with E-state index < -0.39 is 12.2 Å². The van der Waals surface area contributed by atoms with Crippen LogP contribution in [-0.2, 0) is 19.0 Å². The molecule has 0 aromatic heterocycles. The average Bonchev–Trinajstić information content (AvgIpc) is 3.65. The summed E-state index contributed by atoms with van der Waals surface area (Å²) in [7, 11) is 0. The molecule has 6 heteroatoms. The minimum atomic E-state index is -0.409. The molecule has 6 nitrogen and oxygen atoms in total. The van der Waals surface area contributed by atoms with Gasteiger partial charge in [-0.1, -0.05) is 86.1 Å². The van der Waals surface area contributed by atoms with Crippen molar-refractivity contribution in [1.29, 1.82) is 0 Å². The summed E-state index contributed by atoms with van der Waals surface area (Å²) in [5.74, 6) is 1.61. The molecule has 0 radical (unpaired) electrons. The number of alkyl carbamates (subject to hydrolysis) is 1. The van der Waals surface area contributed by atoms with E-state index in [-0.39, 0.29) is 29.3 Å². The molecule has 2 aliphatic rings. The third kappa shape index (κ3) is 10.7. The molecule has 2 heterocycles. The molecular formula is C34H57NO5. The Kier molecular flexibility index (Phi) is 13.5. The minimum Gasteiger partial charge on any atom is -0.457 e. The lowest BCUT2D eigenvalue weighted by molar-refractivity contribution is -0.149. The van der Waals surface area contributed by atoms with E-state index in [2.05, 4.69) is 72.0 Å². The maximum absolute atomic E-state index is 12.9. The lowest BCUT2D eigenvalue weighted by Gasteiger charge is -2.34. The highest BCUT2D eigenvalue weighted by Crippen LogP contribution is 2.38. The first kappa shape index (κ1) is 34.1. The highest BCUT2D eigenvalue weighted by atomic mass is 16.6. The number of carbonyl (C=O) groups is 2. The third-order valence-electron chi connectivity index (χ3n) is 8.98. The van der Waals surface area contributed by atoms with Crippen LogP contribution in [0, 0.1) is 35.0 Å². The lowest BCUT2D eigenvalue weighted by atomic mass is 9.78. The van der Waals surface area contributed by atoms with Gasteiger partial charge in [0.25, 0.3) is 0 Å². The van der Waals surface area contributed by atoms with Crippen molar-refractivity contribution in [3.05, 3.63) is 36.0 Å². The topological polar surface area (TPSA) is 77.2 Å². The molecule has 1 saturated heterocycles. The van der Waals surface area contributed by atoms with Gasteiger partial charge in [0.05, 0.1) is 12.2 Å². The molecule has 1 amide bonds. The summed E-state index contributed by atoms with van der Waals surface area (Å²) < 4.78 is 17.9. The van der Waals surface area contributed by atoms with Crippen molar-refractivity contribution in [1.82, 2.24) is 5.32 Å². The number of allylic oxidation sites excluding steroid dienone is 3. The highest BCUT2D eigenvalue weighted by Gasteiger charge is 2.44. The zero-order valence-corrected chi connectivity index (χ0v) is 26.9. The zero-order chi connectivity index (χ0) is 30.0. The van der Waals surface area contributed by atoms with E-state index in [1.165, 1.54) is 6.42 Å². The van der Waals surface area contributed by atoms with Crippen LogP contribution < -0.4 is 5.32 Å². The van der Waals surface area contributed by atoms with Crippen LogP contribution in [0.5, 0.6) is 0 Å². The van der Waals surface area contributed by atoms with Gasteiger partial charge in [0.15, 0.2) is 0 Å². The normalized spacial score (nSPS) is 32.6. The van der Waals surface area contributed by atoms with Gasteiger partial charge in [-0.15, -0.1) is 0 Å². The number of hydrogen-bond donors (Lipinski definition) is 1. The van der Waals surface area contributed by atoms with Gasteiger partial charge in [0, 0.05) is 24.3 Å². The zero-order valence-electron chi connectivity index (χ0n) is 26.9. The Morgan fingerprint density at radius 3 is 2.55 bits per heavy atom. The average molecular weight is 560 g/mol. The van der Waals surface area contributed by atoms with Gasteiger partial charge in [-0.25, -0.2) is 4.79 Å². The molecule has 0 bridgehead atoms. The predicted molar refractivity (Wildman–Crippen MR) is 163 cm³/mol. The standard InChI is InChI=1S/C34H57NO5/c1-11-24(5)27(8)32-28(38-32)20-22(3)14-13-15-25(6)31-26(7)16-17-29(39-33(37)35-12-2)34(9,10)19-18-23(4)21-30(36)40-31/h13-17,22-24,26-29,31-32H,11-12,18-21H2,1-10H3,(H,35,37)/b14-13+,17-16+,25-15+. The van der Waals surface area contributed by atoms with Crippen molar-refractivity contribution in [3.63, 3.8) is 0 Å². The number of epoxide rings is 1. The van der Waals surface area contributed by atoms with Crippen molar-refractivity contribution < 1.29 is 23.8 Å². The smallest absolute Gasteiger partial charge is 0.407 e. The summed E-state index contributed by atoms with van der Waals surface area (Å²) in [6, 6.07) is 0. The number of rotatable bonds is 10. The maximum Gasteiger partial charge on any atom is 0.407 e. The Bertz CT molecular complexity index is 906. The predicted octanol–water partition coefficient (Wildman–Crippen LogP) is 8.03. The van der Waals surface area contributed by atoms with Crippen molar-refractivity contribution in [2.24, 2.45) is 35.0 Å². The molecule has 2 aliphatic heterocycles. The molecule has 1 fully saturated rings. The molecule has 0 spiro atoms. The van der Waals surface area contributed by atoms with Gasteiger partial charge in [-0.05, 0) is 68.4 Å². The van der Waals surface area contributed by atoms with Gasteiger partial charge in [0.1, 0.15) is 12.2 Å².